The van der Waals surface area contributed by atoms with Gasteiger partial charge in [0.15, 0.2) is 5.96 Å². The van der Waals surface area contributed by atoms with Crippen molar-refractivity contribution >= 4 is 41.3 Å². The molecule has 3 heterocycles. The lowest BCUT2D eigenvalue weighted by molar-refractivity contribution is 0.0992. The van der Waals surface area contributed by atoms with Crippen LogP contribution in [0.1, 0.15) is 29.1 Å². The summed E-state index contributed by atoms with van der Waals surface area (Å²) in [6.45, 7) is 2.94. The van der Waals surface area contributed by atoms with E-state index in [4.69, 9.17) is 4.74 Å². The summed E-state index contributed by atoms with van der Waals surface area (Å²) >= 11 is 1.76. The first-order valence-electron chi connectivity index (χ1n) is 7.28. The number of thiazole rings is 1. The maximum absolute atomic E-state index is 5.85. The quantitative estimate of drug-likeness (QED) is 0.444. The zero-order valence-corrected chi connectivity index (χ0v) is 15.6. The molecule has 2 fully saturated rings. The van der Waals surface area contributed by atoms with Crippen molar-refractivity contribution in [2.45, 2.75) is 50.9 Å². The smallest absolute Gasteiger partial charge is 0.191 e. The third-order valence-electron chi connectivity index (χ3n) is 3.95. The van der Waals surface area contributed by atoms with E-state index in [1.54, 1.807) is 11.3 Å². The Kier molecular flexibility index (Phi) is 6.24. The molecule has 5 nitrogen and oxygen atoms in total. The van der Waals surface area contributed by atoms with Gasteiger partial charge in [0.25, 0.3) is 0 Å². The van der Waals surface area contributed by atoms with E-state index < -0.39 is 0 Å². The van der Waals surface area contributed by atoms with Crippen LogP contribution in [0.5, 0.6) is 0 Å². The number of fused-ring (bicyclic) bond motifs is 2. The second-order valence-electron chi connectivity index (χ2n) is 5.47. The molecule has 2 aliphatic rings. The molecule has 2 aliphatic heterocycles. The average molecular weight is 422 g/mol. The predicted octanol–water partition coefficient (Wildman–Crippen LogP) is 2.10. The molecule has 0 aromatic carbocycles. The van der Waals surface area contributed by atoms with Crippen LogP contribution in [0.25, 0.3) is 0 Å². The van der Waals surface area contributed by atoms with Crippen molar-refractivity contribution in [1.29, 1.82) is 0 Å². The maximum atomic E-state index is 5.85. The predicted molar refractivity (Wildman–Crippen MR) is 96.8 cm³/mol. The van der Waals surface area contributed by atoms with Crippen molar-refractivity contribution in [2.24, 2.45) is 4.99 Å². The fraction of sp³-hybridized carbons (Fsp3) is 0.714. The molecular weight excluding hydrogens is 399 g/mol. The topological polar surface area (TPSA) is 58.5 Å². The van der Waals surface area contributed by atoms with Crippen LogP contribution >= 0.6 is 35.3 Å². The van der Waals surface area contributed by atoms with Gasteiger partial charge in [-0.1, -0.05) is 0 Å². The highest BCUT2D eigenvalue weighted by Crippen LogP contribution is 2.34. The first kappa shape index (κ1) is 17.0. The van der Waals surface area contributed by atoms with Crippen LogP contribution in [-0.4, -0.2) is 42.8 Å². The van der Waals surface area contributed by atoms with E-state index in [0.29, 0.717) is 18.2 Å². The lowest BCUT2D eigenvalue weighted by atomic mass is 9.96. The van der Waals surface area contributed by atoms with E-state index in [1.165, 1.54) is 22.7 Å². The third-order valence-corrected chi connectivity index (χ3v) is 4.92. The molecule has 3 atom stereocenters. The summed E-state index contributed by atoms with van der Waals surface area (Å²) in [6.07, 6.45) is 7.22. The molecule has 0 aliphatic carbocycles. The first-order valence-corrected chi connectivity index (χ1v) is 8.10. The van der Waals surface area contributed by atoms with Crippen LogP contribution in [0.3, 0.4) is 0 Å². The number of rotatable bonds is 4. The number of ether oxygens (including phenoxy) is 1. The molecule has 2 N–H and O–H groups in total. The van der Waals surface area contributed by atoms with Gasteiger partial charge in [0.2, 0.25) is 0 Å². The van der Waals surface area contributed by atoms with Gasteiger partial charge in [-0.2, -0.15) is 0 Å². The lowest BCUT2D eigenvalue weighted by Crippen LogP contribution is -2.47. The lowest BCUT2D eigenvalue weighted by Gasteiger charge is -2.22. The zero-order valence-electron chi connectivity index (χ0n) is 12.5. The van der Waals surface area contributed by atoms with Crippen LogP contribution in [-0.2, 0) is 11.2 Å². The second-order valence-corrected chi connectivity index (χ2v) is 6.79. The Labute approximate surface area is 147 Å². The fourth-order valence-corrected chi connectivity index (χ4v) is 3.75. The number of nitrogens with one attached hydrogen (secondary N) is 2. The van der Waals surface area contributed by atoms with Crippen molar-refractivity contribution in [1.82, 2.24) is 15.6 Å². The largest absolute Gasteiger partial charge is 0.373 e. The highest BCUT2D eigenvalue weighted by Gasteiger charge is 2.41. The fourth-order valence-electron chi connectivity index (χ4n) is 2.96. The Bertz CT molecular complexity index is 493. The van der Waals surface area contributed by atoms with E-state index in [2.05, 4.69) is 27.5 Å². The average Bonchev–Trinajstić information content (AvgIpc) is 3.14. The number of halogens is 1. The molecule has 0 amide bonds. The molecule has 3 unspecified atom stereocenters. The number of nitrogens with zero attached hydrogens (tertiary/aromatic N) is 2. The van der Waals surface area contributed by atoms with Gasteiger partial charge in [0, 0.05) is 31.1 Å². The minimum Gasteiger partial charge on any atom is -0.373 e. The number of hydrogen-bond donors (Lipinski definition) is 2. The standard InChI is InChI=1S/C14H22N4OS.HI/c1-9-8-17-13(20-9)5-6-16-14(15-2)18-11-7-10-3-4-12(11)19-10;/h8,10-12H,3-7H2,1-2H3,(H2,15,16,18);1H. The summed E-state index contributed by atoms with van der Waals surface area (Å²) in [5, 5.41) is 8.02. The number of aliphatic imine (C=N–C) groups is 1. The summed E-state index contributed by atoms with van der Waals surface area (Å²) in [6, 6.07) is 0.419. The summed E-state index contributed by atoms with van der Waals surface area (Å²) in [5.74, 6) is 0.874. The normalized spacial score (nSPS) is 27.5. The van der Waals surface area contributed by atoms with Gasteiger partial charge >= 0.3 is 0 Å². The third kappa shape index (κ3) is 4.29. The Hall–Kier alpha value is -0.410. The summed E-state index contributed by atoms with van der Waals surface area (Å²) < 4.78 is 5.85. The number of aryl methyl sites for hydroxylation is 1. The molecule has 2 saturated heterocycles. The Morgan fingerprint density at radius 2 is 2.38 bits per heavy atom. The van der Waals surface area contributed by atoms with Crippen LogP contribution in [0.2, 0.25) is 0 Å². The second kappa shape index (κ2) is 7.73. The Morgan fingerprint density at radius 3 is 2.95 bits per heavy atom. The molecule has 21 heavy (non-hydrogen) atoms. The van der Waals surface area contributed by atoms with E-state index >= 15 is 0 Å². The molecule has 7 heteroatoms. The molecule has 1 aromatic heterocycles. The molecular formula is C14H23IN4OS. The van der Waals surface area contributed by atoms with Gasteiger partial charge in [-0.3, -0.25) is 4.99 Å². The van der Waals surface area contributed by atoms with E-state index in [1.807, 2.05) is 13.2 Å². The number of guanidine groups is 1. The van der Waals surface area contributed by atoms with Crippen molar-refractivity contribution < 1.29 is 4.74 Å². The molecule has 0 saturated carbocycles. The van der Waals surface area contributed by atoms with E-state index in [0.717, 1.165) is 25.3 Å². The Balaban J connectivity index is 0.00000161. The first-order chi connectivity index (χ1) is 9.74. The minimum absolute atomic E-state index is 0. The molecule has 118 valence electrons. The molecule has 0 radical (unpaired) electrons. The maximum Gasteiger partial charge on any atom is 0.191 e. The highest BCUT2D eigenvalue weighted by molar-refractivity contribution is 14.0. The molecule has 1 aromatic rings. The van der Waals surface area contributed by atoms with Gasteiger partial charge in [-0.05, 0) is 26.2 Å². The molecule has 2 bridgehead atoms. The van der Waals surface area contributed by atoms with Crippen molar-refractivity contribution in [2.75, 3.05) is 13.6 Å². The number of aromatic nitrogens is 1. The van der Waals surface area contributed by atoms with Crippen molar-refractivity contribution in [3.8, 4) is 0 Å². The van der Waals surface area contributed by atoms with Crippen LogP contribution in [0, 0.1) is 6.92 Å². The van der Waals surface area contributed by atoms with E-state index in [9.17, 15) is 0 Å². The van der Waals surface area contributed by atoms with Gasteiger partial charge in [-0.15, -0.1) is 35.3 Å². The summed E-state index contributed by atoms with van der Waals surface area (Å²) in [4.78, 5) is 9.93. The monoisotopic (exact) mass is 422 g/mol. The number of hydrogen-bond acceptors (Lipinski definition) is 4. The van der Waals surface area contributed by atoms with Crippen molar-refractivity contribution in [3.05, 3.63) is 16.1 Å². The Morgan fingerprint density at radius 1 is 1.52 bits per heavy atom. The summed E-state index contributed by atoms with van der Waals surface area (Å²) in [7, 11) is 1.82. The highest BCUT2D eigenvalue weighted by atomic mass is 127. The van der Waals surface area contributed by atoms with Crippen LogP contribution in [0.4, 0.5) is 0 Å². The molecule has 3 rings (SSSR count). The van der Waals surface area contributed by atoms with Gasteiger partial charge in [0.1, 0.15) is 0 Å². The summed E-state index contributed by atoms with van der Waals surface area (Å²) in [5.41, 5.74) is 0. The van der Waals surface area contributed by atoms with Crippen molar-refractivity contribution in [3.63, 3.8) is 0 Å². The minimum atomic E-state index is 0. The van der Waals surface area contributed by atoms with Gasteiger partial charge < -0.3 is 15.4 Å². The van der Waals surface area contributed by atoms with E-state index in [-0.39, 0.29) is 24.0 Å². The van der Waals surface area contributed by atoms with Crippen LogP contribution in [0.15, 0.2) is 11.2 Å². The van der Waals surface area contributed by atoms with Crippen LogP contribution < -0.4 is 10.6 Å². The van der Waals surface area contributed by atoms with Gasteiger partial charge in [0.05, 0.1) is 23.3 Å². The molecule has 0 spiro atoms. The zero-order chi connectivity index (χ0) is 13.9. The SMILES string of the molecule is CN=C(NCCc1ncc(C)s1)NC1CC2CCC1O2.I. The van der Waals surface area contributed by atoms with Gasteiger partial charge in [-0.25, -0.2) is 4.98 Å².